The molecule has 0 aliphatic carbocycles. The summed E-state index contributed by atoms with van der Waals surface area (Å²) in [5.74, 6) is -0.0218. The molecule has 2 nitrogen and oxygen atoms in total. The summed E-state index contributed by atoms with van der Waals surface area (Å²) < 4.78 is 0. The van der Waals surface area contributed by atoms with Crippen molar-refractivity contribution in [1.29, 1.82) is 0 Å². The van der Waals surface area contributed by atoms with Gasteiger partial charge in [0, 0.05) is 13.1 Å². The third-order valence-corrected chi connectivity index (χ3v) is 2.41. The second-order valence-corrected chi connectivity index (χ2v) is 4.23. The number of amides is 1. The fourth-order valence-corrected chi connectivity index (χ4v) is 1.15. The Balaban J connectivity index is 4.43. The third kappa shape index (κ3) is 4.26. The van der Waals surface area contributed by atoms with Crippen LogP contribution in [0, 0.1) is 5.41 Å². The van der Waals surface area contributed by atoms with Crippen LogP contribution in [-0.2, 0) is 4.79 Å². The first-order valence-corrected chi connectivity index (χ1v) is 4.99. The van der Waals surface area contributed by atoms with Crippen LogP contribution in [0.3, 0.4) is 0 Å². The lowest BCUT2D eigenvalue weighted by Gasteiger charge is -2.30. The zero-order valence-corrected chi connectivity index (χ0v) is 9.55. The molecule has 0 bridgehead atoms. The van der Waals surface area contributed by atoms with E-state index < -0.39 is 0 Å². The monoisotopic (exact) mass is 195 g/mol. The number of hydrogen-bond acceptors (Lipinski definition) is 1. The molecule has 0 saturated heterocycles. The predicted octanol–water partition coefficient (Wildman–Crippen LogP) is 2.62. The SMILES string of the molecule is C=CCN(CC(C)(C)CC)C(=O)C=C. The van der Waals surface area contributed by atoms with Crippen molar-refractivity contribution in [2.24, 2.45) is 5.41 Å². The summed E-state index contributed by atoms with van der Waals surface area (Å²) in [7, 11) is 0. The molecule has 0 atom stereocenters. The molecule has 0 aliphatic heterocycles. The lowest BCUT2D eigenvalue weighted by Crippen LogP contribution is -2.37. The Kier molecular flexibility index (Phi) is 5.21. The number of hydrogen-bond donors (Lipinski definition) is 0. The van der Waals surface area contributed by atoms with Gasteiger partial charge in [0.15, 0.2) is 0 Å². The maximum atomic E-state index is 11.5. The van der Waals surface area contributed by atoms with E-state index in [1.54, 1.807) is 11.0 Å². The molecular formula is C12H21NO. The minimum absolute atomic E-state index is 0.0218. The first kappa shape index (κ1) is 12.9. The summed E-state index contributed by atoms with van der Waals surface area (Å²) in [6, 6.07) is 0. The van der Waals surface area contributed by atoms with Crippen molar-refractivity contribution < 1.29 is 4.79 Å². The topological polar surface area (TPSA) is 20.3 Å². The highest BCUT2D eigenvalue weighted by atomic mass is 16.2. The summed E-state index contributed by atoms with van der Waals surface area (Å²) in [6.45, 7) is 14.9. The predicted molar refractivity (Wildman–Crippen MR) is 61.0 cm³/mol. The molecule has 14 heavy (non-hydrogen) atoms. The Morgan fingerprint density at radius 2 is 2.00 bits per heavy atom. The van der Waals surface area contributed by atoms with Gasteiger partial charge in [-0.2, -0.15) is 0 Å². The van der Waals surface area contributed by atoms with Gasteiger partial charge in [-0.1, -0.05) is 33.4 Å². The molecule has 0 saturated carbocycles. The standard InChI is InChI=1S/C12H21NO/c1-6-9-13(11(14)7-2)10-12(4,5)8-3/h6-7H,1-2,8-10H2,3-5H3. The van der Waals surface area contributed by atoms with Crippen molar-refractivity contribution in [3.8, 4) is 0 Å². The maximum absolute atomic E-state index is 11.5. The van der Waals surface area contributed by atoms with Crippen LogP contribution in [0.5, 0.6) is 0 Å². The molecule has 2 heteroatoms. The first-order valence-electron chi connectivity index (χ1n) is 4.99. The van der Waals surface area contributed by atoms with Gasteiger partial charge >= 0.3 is 0 Å². The van der Waals surface area contributed by atoms with Gasteiger partial charge in [0.25, 0.3) is 0 Å². The fourth-order valence-electron chi connectivity index (χ4n) is 1.15. The summed E-state index contributed by atoms with van der Waals surface area (Å²) in [4.78, 5) is 13.2. The molecule has 0 aliphatic rings. The summed E-state index contributed by atoms with van der Waals surface area (Å²) >= 11 is 0. The van der Waals surface area contributed by atoms with E-state index in [9.17, 15) is 4.79 Å². The molecule has 0 rings (SSSR count). The van der Waals surface area contributed by atoms with Crippen molar-refractivity contribution >= 4 is 5.91 Å². The van der Waals surface area contributed by atoms with Crippen LogP contribution < -0.4 is 0 Å². The third-order valence-electron chi connectivity index (χ3n) is 2.41. The summed E-state index contributed by atoms with van der Waals surface area (Å²) in [6.07, 6.45) is 4.15. The fraction of sp³-hybridized carbons (Fsp3) is 0.583. The van der Waals surface area contributed by atoms with Crippen LogP contribution in [0.1, 0.15) is 27.2 Å². The normalized spacial score (nSPS) is 10.8. The zero-order valence-electron chi connectivity index (χ0n) is 9.55. The minimum atomic E-state index is -0.0218. The van der Waals surface area contributed by atoms with E-state index in [1.165, 1.54) is 6.08 Å². The summed E-state index contributed by atoms with van der Waals surface area (Å²) in [5.41, 5.74) is 0.154. The molecule has 80 valence electrons. The molecule has 0 heterocycles. The van der Waals surface area contributed by atoms with Crippen molar-refractivity contribution in [2.75, 3.05) is 13.1 Å². The number of carbonyl (C=O) groups excluding carboxylic acids is 1. The highest BCUT2D eigenvalue weighted by molar-refractivity contribution is 5.87. The van der Waals surface area contributed by atoms with Gasteiger partial charge in [-0.3, -0.25) is 4.79 Å². The molecule has 0 aromatic rings. The molecule has 0 fully saturated rings. The molecule has 0 radical (unpaired) electrons. The van der Waals surface area contributed by atoms with Crippen LogP contribution in [0.15, 0.2) is 25.3 Å². The largest absolute Gasteiger partial charge is 0.335 e. The van der Waals surface area contributed by atoms with Gasteiger partial charge in [0.05, 0.1) is 0 Å². The number of nitrogens with zero attached hydrogens (tertiary/aromatic N) is 1. The Hall–Kier alpha value is -1.05. The molecule has 0 N–H and O–H groups in total. The number of carbonyl (C=O) groups is 1. The van der Waals surface area contributed by atoms with Gasteiger partial charge in [0.2, 0.25) is 5.91 Å². The average molecular weight is 195 g/mol. The van der Waals surface area contributed by atoms with E-state index in [0.29, 0.717) is 6.54 Å². The Labute approximate surface area is 87.3 Å². The van der Waals surface area contributed by atoms with Crippen LogP contribution in [0.25, 0.3) is 0 Å². The van der Waals surface area contributed by atoms with Gasteiger partial charge < -0.3 is 4.90 Å². The van der Waals surface area contributed by atoms with Crippen molar-refractivity contribution in [3.63, 3.8) is 0 Å². The van der Waals surface area contributed by atoms with Crippen molar-refractivity contribution in [3.05, 3.63) is 25.3 Å². The highest BCUT2D eigenvalue weighted by Gasteiger charge is 2.20. The molecule has 1 amide bonds. The van der Waals surface area contributed by atoms with Gasteiger partial charge in [0.1, 0.15) is 0 Å². The van der Waals surface area contributed by atoms with E-state index in [1.807, 2.05) is 0 Å². The van der Waals surface area contributed by atoms with E-state index in [4.69, 9.17) is 0 Å². The Morgan fingerprint density at radius 3 is 2.36 bits per heavy atom. The van der Waals surface area contributed by atoms with E-state index >= 15 is 0 Å². The Morgan fingerprint density at radius 1 is 1.43 bits per heavy atom. The van der Waals surface area contributed by atoms with Crippen LogP contribution in [-0.4, -0.2) is 23.9 Å². The molecule has 0 unspecified atom stereocenters. The van der Waals surface area contributed by atoms with E-state index in [2.05, 4.69) is 33.9 Å². The van der Waals surface area contributed by atoms with Crippen molar-refractivity contribution in [2.45, 2.75) is 27.2 Å². The van der Waals surface area contributed by atoms with Gasteiger partial charge in [-0.05, 0) is 17.9 Å². The molecule has 0 aromatic carbocycles. The smallest absolute Gasteiger partial charge is 0.246 e. The maximum Gasteiger partial charge on any atom is 0.246 e. The summed E-state index contributed by atoms with van der Waals surface area (Å²) in [5, 5.41) is 0. The molecular weight excluding hydrogens is 174 g/mol. The molecule has 0 aromatic heterocycles. The zero-order chi connectivity index (χ0) is 11.2. The lowest BCUT2D eigenvalue weighted by atomic mass is 9.89. The van der Waals surface area contributed by atoms with Gasteiger partial charge in [-0.15, -0.1) is 6.58 Å². The van der Waals surface area contributed by atoms with Gasteiger partial charge in [-0.25, -0.2) is 0 Å². The minimum Gasteiger partial charge on any atom is -0.335 e. The quantitative estimate of drug-likeness (QED) is 0.471. The van der Waals surface area contributed by atoms with E-state index in [0.717, 1.165) is 13.0 Å². The van der Waals surface area contributed by atoms with Crippen LogP contribution >= 0.6 is 0 Å². The molecule has 0 spiro atoms. The van der Waals surface area contributed by atoms with Crippen molar-refractivity contribution in [1.82, 2.24) is 4.90 Å². The Bertz CT molecular complexity index is 218. The first-order chi connectivity index (χ1) is 6.46. The van der Waals surface area contributed by atoms with Crippen LogP contribution in [0.4, 0.5) is 0 Å². The van der Waals surface area contributed by atoms with Crippen LogP contribution in [0.2, 0.25) is 0 Å². The second-order valence-electron chi connectivity index (χ2n) is 4.23. The average Bonchev–Trinajstić information content (AvgIpc) is 2.16. The highest BCUT2D eigenvalue weighted by Crippen LogP contribution is 2.21. The number of rotatable bonds is 6. The second kappa shape index (κ2) is 5.63. The van der Waals surface area contributed by atoms with E-state index in [-0.39, 0.29) is 11.3 Å². The lowest BCUT2D eigenvalue weighted by molar-refractivity contribution is -0.126.